The molecule has 0 fully saturated rings. The van der Waals surface area contributed by atoms with Crippen molar-refractivity contribution in [1.29, 1.82) is 0 Å². The summed E-state index contributed by atoms with van der Waals surface area (Å²) in [6.07, 6.45) is -2.52. The number of nitrogens with zero attached hydrogens (tertiary/aromatic N) is 1. The number of amides is 1. The average molecular weight is 307 g/mol. The highest BCUT2D eigenvalue weighted by Crippen LogP contribution is 2.19. The Morgan fingerprint density at radius 1 is 1.30 bits per heavy atom. The van der Waals surface area contributed by atoms with Gasteiger partial charge in [0.15, 0.2) is 0 Å². The summed E-state index contributed by atoms with van der Waals surface area (Å²) in [4.78, 5) is 13.5. The Kier molecular flexibility index (Phi) is 7.46. The second-order valence-corrected chi connectivity index (χ2v) is 5.18. The lowest BCUT2D eigenvalue weighted by Gasteiger charge is -2.21. The van der Waals surface area contributed by atoms with Gasteiger partial charge in [0.05, 0.1) is 13.2 Å². The highest BCUT2D eigenvalue weighted by Gasteiger charge is 2.17. The van der Waals surface area contributed by atoms with Gasteiger partial charge in [-0.05, 0) is 24.3 Å². The normalized spacial score (nSPS) is 10.8. The molecule has 0 saturated heterocycles. The topological polar surface area (TPSA) is 40.5 Å². The van der Waals surface area contributed by atoms with E-state index in [1.54, 1.807) is 12.1 Å². The number of carbonyl (C=O) groups excluding carboxylic acids is 1. The third kappa shape index (κ3) is 6.29. The van der Waals surface area contributed by atoms with Gasteiger partial charge >= 0.3 is 0 Å². The first-order valence-corrected chi connectivity index (χ1v) is 7.06. The molecule has 7 heteroatoms. The van der Waals surface area contributed by atoms with Crippen LogP contribution in [0.15, 0.2) is 29.2 Å². The second-order valence-electron chi connectivity index (χ2n) is 4.01. The van der Waals surface area contributed by atoms with Crippen molar-refractivity contribution < 1.29 is 23.1 Å². The van der Waals surface area contributed by atoms with Gasteiger partial charge in [0, 0.05) is 23.6 Å². The van der Waals surface area contributed by atoms with E-state index in [1.807, 2.05) is 0 Å². The third-order valence-corrected chi connectivity index (χ3v) is 3.49. The molecule has 0 unspecified atom stereocenters. The van der Waals surface area contributed by atoms with Crippen molar-refractivity contribution in [2.24, 2.45) is 0 Å². The van der Waals surface area contributed by atoms with Crippen LogP contribution in [-0.2, 0) is 4.79 Å². The highest BCUT2D eigenvalue weighted by molar-refractivity contribution is 7.99. The van der Waals surface area contributed by atoms with Crippen LogP contribution in [0.4, 0.5) is 13.2 Å². The van der Waals surface area contributed by atoms with E-state index in [-0.39, 0.29) is 25.4 Å². The van der Waals surface area contributed by atoms with Crippen LogP contribution < -0.4 is 0 Å². The fraction of sp³-hybridized carbons (Fsp3) is 0.462. The van der Waals surface area contributed by atoms with Gasteiger partial charge in [-0.1, -0.05) is 0 Å². The van der Waals surface area contributed by atoms with Crippen molar-refractivity contribution in [3.8, 4) is 0 Å². The molecule has 3 nitrogen and oxygen atoms in total. The number of benzene rings is 1. The van der Waals surface area contributed by atoms with E-state index in [2.05, 4.69) is 0 Å². The molecule has 1 aromatic rings. The van der Waals surface area contributed by atoms with E-state index >= 15 is 0 Å². The quantitative estimate of drug-likeness (QED) is 0.750. The van der Waals surface area contributed by atoms with Crippen LogP contribution in [0.25, 0.3) is 0 Å². The van der Waals surface area contributed by atoms with E-state index in [9.17, 15) is 18.0 Å². The lowest BCUT2D eigenvalue weighted by Crippen LogP contribution is -2.37. The van der Waals surface area contributed by atoms with Gasteiger partial charge in [-0.15, -0.1) is 11.8 Å². The summed E-state index contributed by atoms with van der Waals surface area (Å²) < 4.78 is 37.2. The first-order chi connectivity index (χ1) is 9.52. The number of hydrogen-bond acceptors (Lipinski definition) is 3. The number of hydrogen-bond donors (Lipinski definition) is 1. The Morgan fingerprint density at radius 3 is 2.50 bits per heavy atom. The Balaban J connectivity index is 2.38. The molecule has 1 amide bonds. The molecule has 0 bridgehead atoms. The summed E-state index contributed by atoms with van der Waals surface area (Å²) in [6.45, 7) is -1.10. The molecular formula is C13H16F3NO2S. The largest absolute Gasteiger partial charge is 0.395 e. The fourth-order valence-electron chi connectivity index (χ4n) is 1.55. The van der Waals surface area contributed by atoms with Gasteiger partial charge in [0.1, 0.15) is 5.82 Å². The van der Waals surface area contributed by atoms with Crippen LogP contribution in [-0.4, -0.2) is 47.8 Å². The minimum atomic E-state index is -2.62. The minimum absolute atomic E-state index is 0.0920. The molecular weight excluding hydrogens is 291 g/mol. The summed E-state index contributed by atoms with van der Waals surface area (Å²) in [6, 6.07) is 5.82. The average Bonchev–Trinajstić information content (AvgIpc) is 2.40. The summed E-state index contributed by atoms with van der Waals surface area (Å²) in [5, 5.41) is 8.75. The van der Waals surface area contributed by atoms with Crippen molar-refractivity contribution in [1.82, 2.24) is 4.90 Å². The van der Waals surface area contributed by atoms with Gasteiger partial charge < -0.3 is 10.0 Å². The monoisotopic (exact) mass is 307 g/mol. The molecule has 0 aromatic heterocycles. The van der Waals surface area contributed by atoms with Gasteiger partial charge in [-0.3, -0.25) is 4.79 Å². The number of aliphatic hydroxyl groups is 1. The van der Waals surface area contributed by atoms with Crippen molar-refractivity contribution in [2.75, 3.05) is 25.4 Å². The first-order valence-electron chi connectivity index (χ1n) is 6.08. The SMILES string of the molecule is O=C(CCSc1ccc(F)cc1)N(CCO)CC(F)F. The Bertz CT molecular complexity index is 415. The Labute approximate surface area is 119 Å². The lowest BCUT2D eigenvalue weighted by atomic mass is 10.3. The molecule has 0 saturated carbocycles. The van der Waals surface area contributed by atoms with Gasteiger partial charge in [0.25, 0.3) is 6.43 Å². The maximum absolute atomic E-state index is 12.7. The molecule has 20 heavy (non-hydrogen) atoms. The van der Waals surface area contributed by atoms with Crippen molar-refractivity contribution in [3.05, 3.63) is 30.1 Å². The molecule has 0 aliphatic carbocycles. The van der Waals surface area contributed by atoms with Crippen LogP contribution in [0.5, 0.6) is 0 Å². The van der Waals surface area contributed by atoms with Gasteiger partial charge in [-0.25, -0.2) is 13.2 Å². The van der Waals surface area contributed by atoms with Crippen molar-refractivity contribution >= 4 is 17.7 Å². The maximum Gasteiger partial charge on any atom is 0.255 e. The molecule has 0 atom stereocenters. The van der Waals surface area contributed by atoms with Crippen LogP contribution >= 0.6 is 11.8 Å². The van der Waals surface area contributed by atoms with Crippen LogP contribution in [0.2, 0.25) is 0 Å². The minimum Gasteiger partial charge on any atom is -0.395 e. The van der Waals surface area contributed by atoms with Gasteiger partial charge in [0.2, 0.25) is 5.91 Å². The van der Waals surface area contributed by atoms with E-state index in [4.69, 9.17) is 5.11 Å². The molecule has 1 N–H and O–H groups in total. The summed E-state index contributed by atoms with van der Waals surface area (Å²) in [5.74, 6) is -0.347. The molecule has 0 aliphatic heterocycles. The second kappa shape index (κ2) is 8.86. The highest BCUT2D eigenvalue weighted by atomic mass is 32.2. The molecule has 1 aromatic carbocycles. The number of aliphatic hydroxyl groups excluding tert-OH is 1. The number of alkyl halides is 2. The number of rotatable bonds is 8. The first kappa shape index (κ1) is 16.8. The molecule has 112 valence electrons. The maximum atomic E-state index is 12.7. The van der Waals surface area contributed by atoms with Crippen molar-refractivity contribution in [3.63, 3.8) is 0 Å². The fourth-order valence-corrected chi connectivity index (χ4v) is 2.39. The Morgan fingerprint density at radius 2 is 1.95 bits per heavy atom. The predicted molar refractivity (Wildman–Crippen MR) is 71.4 cm³/mol. The zero-order valence-corrected chi connectivity index (χ0v) is 11.6. The summed E-state index contributed by atoms with van der Waals surface area (Å²) in [5.41, 5.74) is 0. The number of thioether (sulfide) groups is 1. The smallest absolute Gasteiger partial charge is 0.255 e. The van der Waals surface area contributed by atoms with Crippen molar-refractivity contribution in [2.45, 2.75) is 17.7 Å². The molecule has 0 radical (unpaired) electrons. The van der Waals surface area contributed by atoms with Gasteiger partial charge in [-0.2, -0.15) is 0 Å². The molecule has 0 spiro atoms. The molecule has 1 rings (SSSR count). The van der Waals surface area contributed by atoms with E-state index in [1.165, 1.54) is 23.9 Å². The van der Waals surface area contributed by atoms with Crippen LogP contribution in [0.1, 0.15) is 6.42 Å². The molecule has 0 aliphatic rings. The summed E-state index contributed by atoms with van der Waals surface area (Å²) >= 11 is 1.35. The number of carbonyl (C=O) groups is 1. The third-order valence-electron chi connectivity index (χ3n) is 2.48. The van der Waals surface area contributed by atoms with Crippen LogP contribution in [0.3, 0.4) is 0 Å². The zero-order chi connectivity index (χ0) is 15.0. The lowest BCUT2D eigenvalue weighted by molar-refractivity contribution is -0.133. The number of halogens is 3. The van der Waals surface area contributed by atoms with E-state index in [0.717, 1.165) is 9.80 Å². The Hall–Kier alpha value is -1.21. The predicted octanol–water partition coefficient (Wildman–Crippen LogP) is 2.39. The summed E-state index contributed by atoms with van der Waals surface area (Å²) in [7, 11) is 0. The van der Waals surface area contributed by atoms with E-state index < -0.39 is 18.9 Å². The standard InChI is InChI=1S/C13H16F3NO2S/c14-10-1-3-11(4-2-10)20-8-5-13(19)17(6-7-18)9-12(15)16/h1-4,12,18H,5-9H2. The van der Waals surface area contributed by atoms with E-state index in [0.29, 0.717) is 5.75 Å². The van der Waals surface area contributed by atoms with Crippen LogP contribution in [0, 0.1) is 5.82 Å². The zero-order valence-electron chi connectivity index (χ0n) is 10.8. The molecule has 0 heterocycles.